The molecule has 0 aliphatic heterocycles. The van der Waals surface area contributed by atoms with Gasteiger partial charge in [-0.3, -0.25) is 0 Å². The van der Waals surface area contributed by atoms with Crippen LogP contribution in [0.2, 0.25) is 0 Å². The van der Waals surface area contributed by atoms with Crippen LogP contribution in [0.15, 0.2) is 0 Å². The molecule has 0 saturated heterocycles. The maximum atomic E-state index is 12.4. The minimum Gasteiger partial charge on any atom is -0.480 e. The minimum atomic E-state index is -1.08. The second-order valence-corrected chi connectivity index (χ2v) is 5.88. The molecule has 114 valence electrons. The number of carbonyl (C=O) groups is 2. The van der Waals surface area contributed by atoms with E-state index in [4.69, 9.17) is 5.11 Å². The Labute approximate surface area is 119 Å². The van der Waals surface area contributed by atoms with Crippen molar-refractivity contribution in [1.29, 1.82) is 0 Å². The van der Waals surface area contributed by atoms with E-state index in [1.165, 1.54) is 6.42 Å². The molecule has 20 heavy (non-hydrogen) atoms. The molecule has 0 bridgehead atoms. The fraction of sp³-hybridized carbons (Fsp3) is 0.857. The van der Waals surface area contributed by atoms with Gasteiger partial charge in [0.1, 0.15) is 5.54 Å². The minimum absolute atomic E-state index is 0.0933. The van der Waals surface area contributed by atoms with Crippen LogP contribution in [0, 0.1) is 0 Å². The first kappa shape index (κ1) is 15.1. The normalized spacial score (nSPS) is 21.9. The van der Waals surface area contributed by atoms with Crippen molar-refractivity contribution in [3.63, 3.8) is 0 Å². The van der Waals surface area contributed by atoms with Gasteiger partial charge in [-0.2, -0.15) is 0 Å². The van der Waals surface area contributed by atoms with E-state index in [9.17, 15) is 14.7 Å². The van der Waals surface area contributed by atoms with Gasteiger partial charge in [0.05, 0.1) is 6.61 Å². The molecule has 2 rings (SSSR count). The number of urea groups is 1. The zero-order chi connectivity index (χ0) is 14.6. The van der Waals surface area contributed by atoms with E-state index in [2.05, 4.69) is 5.32 Å². The number of nitrogens with zero attached hydrogens (tertiary/aromatic N) is 1. The third-order valence-electron chi connectivity index (χ3n) is 4.58. The van der Waals surface area contributed by atoms with Crippen LogP contribution < -0.4 is 5.32 Å². The standard InChI is InChI=1S/C14H24N2O4/c17-10-9-16(11-5-2-1-3-6-11)13(20)15-14(12(18)19)7-4-8-14/h11,17H,1-10H2,(H,15,20)(H,18,19). The quantitative estimate of drug-likeness (QED) is 0.710. The summed E-state index contributed by atoms with van der Waals surface area (Å²) in [5.74, 6) is -0.954. The highest BCUT2D eigenvalue weighted by molar-refractivity contribution is 5.87. The molecule has 0 unspecified atom stereocenters. The molecular formula is C14H24N2O4. The lowest BCUT2D eigenvalue weighted by atomic mass is 9.77. The van der Waals surface area contributed by atoms with Gasteiger partial charge in [0.25, 0.3) is 0 Å². The molecule has 6 heteroatoms. The van der Waals surface area contributed by atoms with Crippen LogP contribution in [0.3, 0.4) is 0 Å². The highest BCUT2D eigenvalue weighted by atomic mass is 16.4. The lowest BCUT2D eigenvalue weighted by Crippen LogP contribution is -2.63. The molecule has 2 aliphatic rings. The summed E-state index contributed by atoms with van der Waals surface area (Å²) in [5.41, 5.74) is -1.08. The summed E-state index contributed by atoms with van der Waals surface area (Å²) in [6.45, 7) is 0.177. The smallest absolute Gasteiger partial charge is 0.329 e. The van der Waals surface area contributed by atoms with Crippen molar-refractivity contribution in [2.45, 2.75) is 62.9 Å². The predicted octanol–water partition coefficient (Wildman–Crippen LogP) is 1.33. The van der Waals surface area contributed by atoms with Gasteiger partial charge < -0.3 is 20.4 Å². The average Bonchev–Trinajstić information content (AvgIpc) is 2.40. The molecule has 2 amide bonds. The molecule has 2 fully saturated rings. The Bertz CT molecular complexity index is 362. The number of hydrogen-bond acceptors (Lipinski definition) is 3. The van der Waals surface area contributed by atoms with E-state index in [1.807, 2.05) is 0 Å². The van der Waals surface area contributed by atoms with Crippen LogP contribution in [-0.2, 0) is 4.79 Å². The third-order valence-corrected chi connectivity index (χ3v) is 4.58. The zero-order valence-electron chi connectivity index (χ0n) is 11.8. The molecule has 0 aromatic carbocycles. The maximum Gasteiger partial charge on any atom is 0.329 e. The Morgan fingerprint density at radius 2 is 1.80 bits per heavy atom. The largest absolute Gasteiger partial charge is 0.480 e. The first-order valence-electron chi connectivity index (χ1n) is 7.52. The number of carboxylic acid groups (broad SMARTS) is 1. The van der Waals surface area contributed by atoms with Gasteiger partial charge in [-0.15, -0.1) is 0 Å². The Balaban J connectivity index is 2.00. The molecule has 0 radical (unpaired) electrons. The van der Waals surface area contributed by atoms with E-state index in [0.29, 0.717) is 12.8 Å². The summed E-state index contributed by atoms with van der Waals surface area (Å²) in [6.07, 6.45) is 7.05. The molecule has 0 spiro atoms. The SMILES string of the molecule is O=C(NC1(C(=O)O)CCC1)N(CCO)C1CCCCC1. The summed E-state index contributed by atoms with van der Waals surface area (Å²) in [6, 6.07) is -0.213. The van der Waals surface area contributed by atoms with E-state index in [1.54, 1.807) is 4.90 Å². The number of amides is 2. The lowest BCUT2D eigenvalue weighted by Gasteiger charge is -2.41. The fourth-order valence-corrected chi connectivity index (χ4v) is 3.15. The summed E-state index contributed by atoms with van der Waals surface area (Å²) < 4.78 is 0. The number of carboxylic acids is 1. The molecule has 6 nitrogen and oxygen atoms in total. The van der Waals surface area contributed by atoms with Crippen molar-refractivity contribution in [3.8, 4) is 0 Å². The van der Waals surface area contributed by atoms with Crippen LogP contribution in [0.5, 0.6) is 0 Å². The number of nitrogens with one attached hydrogen (secondary N) is 1. The van der Waals surface area contributed by atoms with Crippen LogP contribution in [0.1, 0.15) is 51.4 Å². The van der Waals surface area contributed by atoms with Gasteiger partial charge in [0.15, 0.2) is 0 Å². The number of rotatable bonds is 5. The Hall–Kier alpha value is -1.30. The Kier molecular flexibility index (Phi) is 4.86. The van der Waals surface area contributed by atoms with Crippen molar-refractivity contribution < 1.29 is 19.8 Å². The van der Waals surface area contributed by atoms with Crippen LogP contribution in [-0.4, -0.2) is 51.8 Å². The van der Waals surface area contributed by atoms with Crippen molar-refractivity contribution in [3.05, 3.63) is 0 Å². The van der Waals surface area contributed by atoms with Crippen LogP contribution in [0.25, 0.3) is 0 Å². The molecule has 2 saturated carbocycles. The maximum absolute atomic E-state index is 12.4. The van der Waals surface area contributed by atoms with Crippen molar-refractivity contribution in [2.75, 3.05) is 13.2 Å². The summed E-state index contributed by atoms with van der Waals surface area (Å²) >= 11 is 0. The van der Waals surface area contributed by atoms with E-state index < -0.39 is 11.5 Å². The van der Waals surface area contributed by atoms with E-state index in [0.717, 1.165) is 32.1 Å². The monoisotopic (exact) mass is 284 g/mol. The van der Waals surface area contributed by atoms with E-state index >= 15 is 0 Å². The number of carbonyl (C=O) groups excluding carboxylic acids is 1. The molecule has 0 atom stereocenters. The predicted molar refractivity (Wildman–Crippen MR) is 73.4 cm³/mol. The second-order valence-electron chi connectivity index (χ2n) is 5.88. The van der Waals surface area contributed by atoms with Crippen LogP contribution in [0.4, 0.5) is 4.79 Å². The van der Waals surface area contributed by atoms with Crippen molar-refractivity contribution in [1.82, 2.24) is 10.2 Å². The summed E-state index contributed by atoms with van der Waals surface area (Å²) in [7, 11) is 0. The van der Waals surface area contributed by atoms with Crippen LogP contribution >= 0.6 is 0 Å². The molecule has 0 aromatic rings. The topological polar surface area (TPSA) is 89.9 Å². The second kappa shape index (κ2) is 6.43. The zero-order valence-corrected chi connectivity index (χ0v) is 11.8. The molecule has 0 aromatic heterocycles. The number of aliphatic hydroxyl groups is 1. The summed E-state index contributed by atoms with van der Waals surface area (Å²) in [5, 5.41) is 21.1. The highest BCUT2D eigenvalue weighted by Gasteiger charge is 2.46. The van der Waals surface area contributed by atoms with E-state index in [-0.39, 0.29) is 25.2 Å². The first-order valence-corrected chi connectivity index (χ1v) is 7.52. The Morgan fingerprint density at radius 3 is 2.25 bits per heavy atom. The fourth-order valence-electron chi connectivity index (χ4n) is 3.15. The average molecular weight is 284 g/mol. The van der Waals surface area contributed by atoms with Gasteiger partial charge in [-0.25, -0.2) is 9.59 Å². The van der Waals surface area contributed by atoms with Gasteiger partial charge in [-0.1, -0.05) is 19.3 Å². The van der Waals surface area contributed by atoms with Crippen molar-refractivity contribution in [2.24, 2.45) is 0 Å². The molecule has 0 heterocycles. The molecular weight excluding hydrogens is 260 g/mol. The van der Waals surface area contributed by atoms with Gasteiger partial charge in [0.2, 0.25) is 0 Å². The number of aliphatic hydroxyl groups excluding tert-OH is 1. The van der Waals surface area contributed by atoms with Gasteiger partial charge in [0, 0.05) is 12.6 Å². The van der Waals surface area contributed by atoms with Crippen molar-refractivity contribution >= 4 is 12.0 Å². The number of hydrogen-bond donors (Lipinski definition) is 3. The van der Waals surface area contributed by atoms with Gasteiger partial charge in [-0.05, 0) is 32.1 Å². The van der Waals surface area contributed by atoms with Gasteiger partial charge >= 0.3 is 12.0 Å². The molecule has 3 N–H and O–H groups in total. The number of aliphatic carboxylic acids is 1. The first-order chi connectivity index (χ1) is 9.59. The summed E-state index contributed by atoms with van der Waals surface area (Å²) in [4.78, 5) is 25.3. The Morgan fingerprint density at radius 1 is 1.15 bits per heavy atom. The lowest BCUT2D eigenvalue weighted by molar-refractivity contribution is -0.148. The third kappa shape index (κ3) is 3.06. The highest BCUT2D eigenvalue weighted by Crippen LogP contribution is 2.32. The molecule has 2 aliphatic carbocycles.